The number of amides is 1. The van der Waals surface area contributed by atoms with Crippen LogP contribution in [0.25, 0.3) is 16.8 Å². The zero-order valence-electron chi connectivity index (χ0n) is 18.2. The Morgan fingerprint density at radius 2 is 1.85 bits per heavy atom. The van der Waals surface area contributed by atoms with Crippen LogP contribution >= 0.6 is 0 Å². The molecule has 0 saturated carbocycles. The highest BCUT2D eigenvalue weighted by Crippen LogP contribution is 2.25. The van der Waals surface area contributed by atoms with Crippen molar-refractivity contribution in [1.29, 1.82) is 0 Å². The number of hydrogen-bond donors (Lipinski definition) is 2. The summed E-state index contributed by atoms with van der Waals surface area (Å²) in [5, 5.41) is 17.3. The van der Waals surface area contributed by atoms with Crippen LogP contribution in [0.3, 0.4) is 0 Å². The van der Waals surface area contributed by atoms with Crippen LogP contribution in [-0.2, 0) is 24.4 Å². The Balaban J connectivity index is 1.51. The number of nitrogens with zero attached hydrogens (tertiary/aromatic N) is 3. The van der Waals surface area contributed by atoms with E-state index in [0.717, 1.165) is 12.8 Å². The van der Waals surface area contributed by atoms with Crippen molar-refractivity contribution in [3.8, 4) is 11.3 Å². The quantitative estimate of drug-likeness (QED) is 0.434. The predicted octanol–water partition coefficient (Wildman–Crippen LogP) is 2.93. The highest BCUT2D eigenvalue weighted by molar-refractivity contribution is 5.76. The van der Waals surface area contributed by atoms with E-state index in [1.165, 1.54) is 33.0 Å². The van der Waals surface area contributed by atoms with E-state index >= 15 is 0 Å². The zero-order valence-corrected chi connectivity index (χ0v) is 18.2. The molecule has 4 aromatic rings. The number of hydrogen-bond acceptors (Lipinski definition) is 4. The molecule has 2 heterocycles. The second kappa shape index (κ2) is 9.79. The summed E-state index contributed by atoms with van der Waals surface area (Å²) in [5.74, 6) is -0.662. The van der Waals surface area contributed by atoms with Crippen molar-refractivity contribution >= 4 is 11.4 Å². The van der Waals surface area contributed by atoms with Crippen molar-refractivity contribution < 1.29 is 14.3 Å². The maximum atomic E-state index is 13.3. The van der Waals surface area contributed by atoms with E-state index in [1.54, 1.807) is 18.3 Å². The minimum Gasteiger partial charge on any atom is -0.392 e. The van der Waals surface area contributed by atoms with Crippen LogP contribution in [0.1, 0.15) is 24.5 Å². The first kappa shape index (κ1) is 22.4. The van der Waals surface area contributed by atoms with E-state index < -0.39 is 12.2 Å². The minimum absolute atomic E-state index is 0.0508. The topological polar surface area (TPSA) is 88.6 Å². The fourth-order valence-corrected chi connectivity index (χ4v) is 3.84. The lowest BCUT2D eigenvalue weighted by molar-refractivity contribution is -0.122. The number of aryl methyl sites for hydroxylation is 1. The number of nitrogens with one attached hydrogen (secondary N) is 1. The molecule has 0 aliphatic heterocycles. The van der Waals surface area contributed by atoms with Crippen LogP contribution in [-0.4, -0.2) is 31.2 Å². The molecule has 0 radical (unpaired) electrons. The number of fused-ring (bicyclic) bond motifs is 1. The van der Waals surface area contributed by atoms with Gasteiger partial charge in [-0.2, -0.15) is 5.10 Å². The van der Waals surface area contributed by atoms with E-state index in [4.69, 9.17) is 0 Å². The first-order valence-corrected chi connectivity index (χ1v) is 10.8. The standard InChI is InChI=1S/C25H25FN4O3/c1-17(7-8-18-5-3-2-4-6-18)27-22(32)15-29-13-14-30-24(25(29)33)21(16-31)23(28-30)19-9-11-20(26)12-10-19/h2-6,9-14,17,31H,7-8,15-16H2,1H3,(H,27,32). The highest BCUT2D eigenvalue weighted by Gasteiger charge is 2.19. The summed E-state index contributed by atoms with van der Waals surface area (Å²) in [6, 6.07) is 15.7. The Kier molecular flexibility index (Phi) is 6.65. The van der Waals surface area contributed by atoms with Gasteiger partial charge in [-0.15, -0.1) is 0 Å². The van der Waals surface area contributed by atoms with Crippen molar-refractivity contribution in [1.82, 2.24) is 19.5 Å². The summed E-state index contributed by atoms with van der Waals surface area (Å²) in [6.07, 6.45) is 4.68. The Morgan fingerprint density at radius 3 is 2.55 bits per heavy atom. The molecule has 8 heteroatoms. The largest absolute Gasteiger partial charge is 0.392 e. The third-order valence-electron chi connectivity index (χ3n) is 5.57. The molecular formula is C25H25FN4O3. The van der Waals surface area contributed by atoms with Gasteiger partial charge < -0.3 is 15.0 Å². The molecule has 0 fully saturated rings. The normalized spacial score (nSPS) is 12.1. The molecule has 2 N–H and O–H groups in total. The second-order valence-corrected chi connectivity index (χ2v) is 8.01. The van der Waals surface area contributed by atoms with E-state index in [0.29, 0.717) is 16.8 Å². The maximum absolute atomic E-state index is 13.3. The van der Waals surface area contributed by atoms with Gasteiger partial charge in [0.25, 0.3) is 5.56 Å². The third kappa shape index (κ3) is 5.01. The fraction of sp³-hybridized carbons (Fsp3) is 0.240. The Bertz CT molecular complexity index is 1310. The van der Waals surface area contributed by atoms with E-state index in [1.807, 2.05) is 37.3 Å². The number of carbonyl (C=O) groups is 1. The Labute approximate surface area is 190 Å². The fourth-order valence-electron chi connectivity index (χ4n) is 3.84. The van der Waals surface area contributed by atoms with Gasteiger partial charge in [0, 0.05) is 29.6 Å². The van der Waals surface area contributed by atoms with Crippen LogP contribution in [0, 0.1) is 5.82 Å². The molecule has 0 bridgehead atoms. The smallest absolute Gasteiger partial charge is 0.277 e. The third-order valence-corrected chi connectivity index (χ3v) is 5.57. The summed E-state index contributed by atoms with van der Waals surface area (Å²) >= 11 is 0. The Morgan fingerprint density at radius 1 is 1.12 bits per heavy atom. The highest BCUT2D eigenvalue weighted by atomic mass is 19.1. The average molecular weight is 448 g/mol. The lowest BCUT2D eigenvalue weighted by Gasteiger charge is -2.14. The molecular weight excluding hydrogens is 423 g/mol. The lowest BCUT2D eigenvalue weighted by Crippen LogP contribution is -2.37. The molecule has 0 aliphatic rings. The summed E-state index contributed by atoms with van der Waals surface area (Å²) in [6.45, 7) is 1.37. The molecule has 0 saturated heterocycles. The molecule has 2 aromatic carbocycles. The SMILES string of the molecule is CC(CCc1ccccc1)NC(=O)Cn1ccn2nc(-c3ccc(F)cc3)c(CO)c2c1=O. The van der Waals surface area contributed by atoms with E-state index in [9.17, 15) is 19.1 Å². The molecule has 0 spiro atoms. The lowest BCUT2D eigenvalue weighted by atomic mass is 10.1. The first-order valence-electron chi connectivity index (χ1n) is 10.8. The number of rotatable bonds is 8. The van der Waals surface area contributed by atoms with Gasteiger partial charge in [0.05, 0.1) is 12.3 Å². The minimum atomic E-state index is -0.436. The molecule has 0 aliphatic carbocycles. The molecule has 7 nitrogen and oxygen atoms in total. The Hall–Kier alpha value is -3.78. The molecule has 33 heavy (non-hydrogen) atoms. The number of carbonyl (C=O) groups excluding carboxylic acids is 1. The summed E-state index contributed by atoms with van der Waals surface area (Å²) in [5.41, 5.74) is 2.26. The summed E-state index contributed by atoms with van der Waals surface area (Å²) in [7, 11) is 0. The first-order chi connectivity index (χ1) is 16.0. The zero-order chi connectivity index (χ0) is 23.4. The molecule has 1 amide bonds. The van der Waals surface area contributed by atoms with Crippen molar-refractivity contribution in [2.75, 3.05) is 0 Å². The second-order valence-electron chi connectivity index (χ2n) is 8.01. The average Bonchev–Trinajstić information content (AvgIpc) is 3.20. The molecule has 2 aromatic heterocycles. The van der Waals surface area contributed by atoms with Crippen molar-refractivity contribution in [2.45, 2.75) is 39.0 Å². The number of aliphatic hydroxyl groups is 1. The van der Waals surface area contributed by atoms with Crippen molar-refractivity contribution in [2.24, 2.45) is 0 Å². The molecule has 1 atom stereocenters. The molecule has 1 unspecified atom stereocenters. The number of aromatic nitrogens is 3. The van der Waals surface area contributed by atoms with Crippen molar-refractivity contribution in [3.63, 3.8) is 0 Å². The van der Waals surface area contributed by atoms with Gasteiger partial charge in [0.2, 0.25) is 5.91 Å². The van der Waals surface area contributed by atoms with E-state index in [2.05, 4.69) is 10.4 Å². The summed E-state index contributed by atoms with van der Waals surface area (Å²) < 4.78 is 16.0. The molecule has 170 valence electrons. The number of halogens is 1. The number of aliphatic hydroxyl groups excluding tert-OH is 1. The van der Waals surface area contributed by atoms with Gasteiger partial charge in [-0.25, -0.2) is 8.91 Å². The maximum Gasteiger partial charge on any atom is 0.277 e. The van der Waals surface area contributed by atoms with Gasteiger partial charge in [0.1, 0.15) is 17.9 Å². The summed E-state index contributed by atoms with van der Waals surface area (Å²) in [4.78, 5) is 25.6. The number of benzene rings is 2. The monoisotopic (exact) mass is 448 g/mol. The van der Waals surface area contributed by atoms with Gasteiger partial charge in [-0.05, 0) is 49.6 Å². The van der Waals surface area contributed by atoms with Gasteiger partial charge in [-0.3, -0.25) is 9.59 Å². The van der Waals surface area contributed by atoms with Crippen LogP contribution in [0.2, 0.25) is 0 Å². The van der Waals surface area contributed by atoms with Gasteiger partial charge in [-0.1, -0.05) is 30.3 Å². The van der Waals surface area contributed by atoms with Gasteiger partial charge in [0.15, 0.2) is 0 Å². The van der Waals surface area contributed by atoms with Crippen molar-refractivity contribution in [3.05, 3.63) is 94.3 Å². The molecule has 4 rings (SSSR count). The predicted molar refractivity (Wildman–Crippen MR) is 123 cm³/mol. The van der Waals surface area contributed by atoms with Gasteiger partial charge >= 0.3 is 0 Å². The van der Waals surface area contributed by atoms with E-state index in [-0.39, 0.29) is 29.8 Å². The van der Waals surface area contributed by atoms with Crippen LogP contribution < -0.4 is 10.9 Å². The van der Waals surface area contributed by atoms with Crippen LogP contribution in [0.4, 0.5) is 4.39 Å². The van der Waals surface area contributed by atoms with Crippen LogP contribution in [0.15, 0.2) is 71.8 Å². The van der Waals surface area contributed by atoms with Crippen LogP contribution in [0.5, 0.6) is 0 Å².